The van der Waals surface area contributed by atoms with Gasteiger partial charge in [0.2, 0.25) is 10.0 Å². The summed E-state index contributed by atoms with van der Waals surface area (Å²) in [5.41, 5.74) is 0.457. The van der Waals surface area contributed by atoms with Gasteiger partial charge in [0.15, 0.2) is 11.6 Å². The smallest absolute Gasteiger partial charge is 0.243 e. The van der Waals surface area contributed by atoms with Crippen molar-refractivity contribution in [1.29, 1.82) is 0 Å². The van der Waals surface area contributed by atoms with E-state index in [2.05, 4.69) is 9.71 Å². The fraction of sp³-hybridized carbons (Fsp3) is 0.250. The van der Waals surface area contributed by atoms with Crippen LogP contribution >= 0.6 is 11.3 Å². The Kier molecular flexibility index (Phi) is 4.67. The van der Waals surface area contributed by atoms with Crippen LogP contribution in [0.2, 0.25) is 0 Å². The van der Waals surface area contributed by atoms with Crippen LogP contribution in [0, 0.1) is 18.6 Å². The molecule has 0 atom stereocenters. The first-order valence-electron chi connectivity index (χ1n) is 5.83. The standard InChI is InChI=1S/C12H12F2N2O3S2/c1-7-16-9(6-20-7)4-15-21(18,19)11-3-8(5-17)2-10(13)12(11)14/h2-3,6,15,17H,4-5H2,1H3. The van der Waals surface area contributed by atoms with E-state index in [0.717, 1.165) is 17.1 Å². The molecule has 21 heavy (non-hydrogen) atoms. The lowest BCUT2D eigenvalue weighted by molar-refractivity contribution is 0.280. The highest BCUT2D eigenvalue weighted by atomic mass is 32.2. The van der Waals surface area contributed by atoms with Crippen LogP contribution in [-0.2, 0) is 23.2 Å². The highest BCUT2D eigenvalue weighted by Gasteiger charge is 2.23. The predicted molar refractivity (Wildman–Crippen MR) is 73.2 cm³/mol. The van der Waals surface area contributed by atoms with Gasteiger partial charge in [0.05, 0.1) is 23.9 Å². The summed E-state index contributed by atoms with van der Waals surface area (Å²) in [5, 5.41) is 11.4. The molecule has 0 unspecified atom stereocenters. The summed E-state index contributed by atoms with van der Waals surface area (Å²) in [7, 11) is -4.25. The minimum atomic E-state index is -4.25. The molecular formula is C12H12F2N2O3S2. The number of thiazole rings is 1. The Labute approximate surface area is 124 Å². The van der Waals surface area contributed by atoms with Crippen molar-refractivity contribution in [3.05, 3.63) is 45.4 Å². The van der Waals surface area contributed by atoms with Crippen molar-refractivity contribution in [2.24, 2.45) is 0 Å². The molecule has 114 valence electrons. The zero-order valence-electron chi connectivity index (χ0n) is 10.9. The quantitative estimate of drug-likeness (QED) is 0.872. The second-order valence-electron chi connectivity index (χ2n) is 4.23. The monoisotopic (exact) mass is 334 g/mol. The van der Waals surface area contributed by atoms with Gasteiger partial charge >= 0.3 is 0 Å². The van der Waals surface area contributed by atoms with Gasteiger partial charge in [-0.3, -0.25) is 0 Å². The predicted octanol–water partition coefficient (Wildman–Crippen LogP) is 1.70. The number of nitrogens with one attached hydrogen (secondary N) is 1. The normalized spacial score (nSPS) is 11.8. The summed E-state index contributed by atoms with van der Waals surface area (Å²) < 4.78 is 53.2. The van der Waals surface area contributed by atoms with Crippen molar-refractivity contribution in [1.82, 2.24) is 9.71 Å². The average molecular weight is 334 g/mol. The second-order valence-corrected chi connectivity index (χ2v) is 7.03. The average Bonchev–Trinajstić information content (AvgIpc) is 2.85. The topological polar surface area (TPSA) is 79.3 Å². The van der Waals surface area contributed by atoms with Gasteiger partial charge in [-0.15, -0.1) is 11.3 Å². The van der Waals surface area contributed by atoms with Gasteiger partial charge in [-0.25, -0.2) is 26.9 Å². The molecule has 0 aliphatic heterocycles. The molecule has 2 rings (SSSR count). The minimum Gasteiger partial charge on any atom is -0.392 e. The Morgan fingerprint density at radius 3 is 2.67 bits per heavy atom. The summed E-state index contributed by atoms with van der Waals surface area (Å²) in [5.74, 6) is -2.81. The second kappa shape index (κ2) is 6.14. The molecule has 0 saturated heterocycles. The molecule has 0 amide bonds. The minimum absolute atomic E-state index is 0.0289. The van der Waals surface area contributed by atoms with E-state index in [-0.39, 0.29) is 12.1 Å². The maximum atomic E-state index is 13.7. The summed E-state index contributed by atoms with van der Waals surface area (Å²) in [4.78, 5) is 3.23. The van der Waals surface area contributed by atoms with Crippen LogP contribution in [0.3, 0.4) is 0 Å². The Hall–Kier alpha value is -1.42. The lowest BCUT2D eigenvalue weighted by Crippen LogP contribution is -2.25. The summed E-state index contributed by atoms with van der Waals surface area (Å²) >= 11 is 1.35. The highest BCUT2D eigenvalue weighted by molar-refractivity contribution is 7.89. The zero-order chi connectivity index (χ0) is 15.6. The van der Waals surface area contributed by atoms with Crippen molar-refractivity contribution in [3.63, 3.8) is 0 Å². The van der Waals surface area contributed by atoms with E-state index in [1.165, 1.54) is 11.3 Å². The Morgan fingerprint density at radius 1 is 1.38 bits per heavy atom. The number of halogens is 2. The molecule has 0 saturated carbocycles. The van der Waals surface area contributed by atoms with Crippen LogP contribution < -0.4 is 4.72 Å². The number of hydrogen-bond donors (Lipinski definition) is 2. The van der Waals surface area contributed by atoms with Crippen LogP contribution in [0.25, 0.3) is 0 Å². The molecule has 9 heteroatoms. The molecule has 2 aromatic rings. The van der Waals surface area contributed by atoms with Crippen LogP contribution in [0.5, 0.6) is 0 Å². The molecule has 1 heterocycles. The van der Waals surface area contributed by atoms with Gasteiger partial charge in [-0.05, 0) is 24.6 Å². The van der Waals surface area contributed by atoms with E-state index in [1.54, 1.807) is 12.3 Å². The molecule has 0 fully saturated rings. The summed E-state index contributed by atoms with van der Waals surface area (Å²) in [6.07, 6.45) is 0. The lowest BCUT2D eigenvalue weighted by Gasteiger charge is -2.09. The number of hydrogen-bond acceptors (Lipinski definition) is 5. The van der Waals surface area contributed by atoms with E-state index in [0.29, 0.717) is 5.69 Å². The van der Waals surface area contributed by atoms with E-state index < -0.39 is 33.2 Å². The molecule has 2 N–H and O–H groups in total. The van der Waals surface area contributed by atoms with E-state index in [4.69, 9.17) is 5.11 Å². The fourth-order valence-electron chi connectivity index (χ4n) is 1.64. The summed E-state index contributed by atoms with van der Waals surface area (Å²) in [6, 6.07) is 1.64. The van der Waals surface area contributed by atoms with Gasteiger partial charge in [-0.2, -0.15) is 0 Å². The molecule has 0 radical (unpaired) electrons. The van der Waals surface area contributed by atoms with Crippen LogP contribution in [0.1, 0.15) is 16.3 Å². The van der Waals surface area contributed by atoms with Crippen LogP contribution in [0.15, 0.2) is 22.4 Å². The first-order chi connectivity index (χ1) is 9.83. The van der Waals surface area contributed by atoms with Gasteiger partial charge in [0.25, 0.3) is 0 Å². The van der Waals surface area contributed by atoms with Crippen molar-refractivity contribution in [2.75, 3.05) is 0 Å². The molecule has 0 aliphatic rings. The third-order valence-corrected chi connectivity index (χ3v) is 4.86. The highest BCUT2D eigenvalue weighted by Crippen LogP contribution is 2.20. The van der Waals surface area contributed by atoms with Gasteiger partial charge in [0, 0.05) is 5.38 Å². The Bertz CT molecular complexity index is 760. The van der Waals surface area contributed by atoms with Gasteiger partial charge in [0.1, 0.15) is 4.90 Å². The largest absolute Gasteiger partial charge is 0.392 e. The number of aliphatic hydroxyl groups is 1. The van der Waals surface area contributed by atoms with E-state index in [9.17, 15) is 17.2 Å². The van der Waals surface area contributed by atoms with Crippen molar-refractivity contribution in [3.8, 4) is 0 Å². The number of aromatic nitrogens is 1. The maximum Gasteiger partial charge on any atom is 0.243 e. The zero-order valence-corrected chi connectivity index (χ0v) is 12.6. The number of benzene rings is 1. The van der Waals surface area contributed by atoms with Crippen LogP contribution in [0.4, 0.5) is 8.78 Å². The third kappa shape index (κ3) is 3.62. The number of rotatable bonds is 5. The molecular weight excluding hydrogens is 322 g/mol. The number of sulfonamides is 1. The SMILES string of the molecule is Cc1nc(CNS(=O)(=O)c2cc(CO)cc(F)c2F)cs1. The Balaban J connectivity index is 2.29. The van der Waals surface area contributed by atoms with Gasteiger partial charge in [-0.1, -0.05) is 0 Å². The van der Waals surface area contributed by atoms with Gasteiger partial charge < -0.3 is 5.11 Å². The first-order valence-corrected chi connectivity index (χ1v) is 8.19. The van der Waals surface area contributed by atoms with Crippen molar-refractivity contribution in [2.45, 2.75) is 25.0 Å². The summed E-state index contributed by atoms with van der Waals surface area (Å²) in [6.45, 7) is 1.05. The number of aryl methyl sites for hydroxylation is 1. The number of aliphatic hydroxyl groups excluding tert-OH is 1. The lowest BCUT2D eigenvalue weighted by atomic mass is 10.2. The molecule has 0 aliphatic carbocycles. The number of nitrogens with zero attached hydrogens (tertiary/aromatic N) is 1. The first kappa shape index (κ1) is 16.0. The molecule has 0 bridgehead atoms. The Morgan fingerprint density at radius 2 is 2.10 bits per heavy atom. The molecule has 5 nitrogen and oxygen atoms in total. The van der Waals surface area contributed by atoms with Crippen molar-refractivity contribution >= 4 is 21.4 Å². The molecule has 1 aromatic heterocycles. The van der Waals surface area contributed by atoms with Crippen molar-refractivity contribution < 1.29 is 22.3 Å². The third-order valence-electron chi connectivity index (χ3n) is 2.64. The van der Waals surface area contributed by atoms with Crippen LogP contribution in [-0.4, -0.2) is 18.5 Å². The van der Waals surface area contributed by atoms with E-state index >= 15 is 0 Å². The molecule has 0 spiro atoms. The van der Waals surface area contributed by atoms with E-state index in [1.807, 2.05) is 0 Å². The fourth-order valence-corrected chi connectivity index (χ4v) is 3.39. The molecule has 1 aromatic carbocycles. The maximum absolute atomic E-state index is 13.7.